The monoisotopic (exact) mass is 159 g/mol. The zero-order valence-corrected chi connectivity index (χ0v) is 8.29. The fourth-order valence-corrected chi connectivity index (χ4v) is 1.73. The average Bonchev–Trinajstić information content (AvgIpc) is 1.77. The molecule has 1 aliphatic heterocycles. The first-order valence-electron chi connectivity index (χ1n) is 3.98. The van der Waals surface area contributed by atoms with Gasteiger partial charge in [0.05, 0.1) is 14.9 Å². The maximum atomic E-state index is 5.63. The lowest BCUT2D eigenvalue weighted by Gasteiger charge is -2.36. The molecule has 1 fully saturated rings. The van der Waals surface area contributed by atoms with Crippen LogP contribution < -0.4 is 0 Å². The van der Waals surface area contributed by atoms with Crippen molar-refractivity contribution in [3.8, 4) is 0 Å². The van der Waals surface area contributed by atoms with E-state index in [1.165, 1.54) is 0 Å². The fourth-order valence-electron chi connectivity index (χ4n) is 1.08. The SMILES string of the molecule is CN1CC(OC[SiH](C)C)C1. The zero-order valence-electron chi connectivity index (χ0n) is 7.13. The molecule has 60 valence electrons. The molecular formula is C7H17NOSi. The summed E-state index contributed by atoms with van der Waals surface area (Å²) < 4.78 is 5.63. The Hall–Kier alpha value is 0.137. The van der Waals surface area contributed by atoms with Crippen LogP contribution in [0.15, 0.2) is 0 Å². The maximum Gasteiger partial charge on any atom is 0.0824 e. The van der Waals surface area contributed by atoms with E-state index in [0.717, 1.165) is 19.3 Å². The lowest BCUT2D eigenvalue weighted by atomic mass is 10.2. The molecule has 1 aliphatic rings. The van der Waals surface area contributed by atoms with Gasteiger partial charge in [0.25, 0.3) is 0 Å². The molecule has 0 spiro atoms. The average molecular weight is 159 g/mol. The van der Waals surface area contributed by atoms with Crippen LogP contribution in [0.2, 0.25) is 13.1 Å². The van der Waals surface area contributed by atoms with Gasteiger partial charge in [-0.3, -0.25) is 0 Å². The van der Waals surface area contributed by atoms with Gasteiger partial charge in [0.1, 0.15) is 0 Å². The Kier molecular flexibility index (Phi) is 2.89. The number of likely N-dealkylation sites (tertiary alicyclic amines) is 1. The first-order valence-corrected chi connectivity index (χ1v) is 7.11. The van der Waals surface area contributed by atoms with Crippen LogP contribution in [0, 0.1) is 0 Å². The number of hydrogen-bond donors (Lipinski definition) is 0. The molecule has 0 radical (unpaired) electrons. The molecule has 0 bridgehead atoms. The predicted molar refractivity (Wildman–Crippen MR) is 46.1 cm³/mol. The van der Waals surface area contributed by atoms with E-state index in [9.17, 15) is 0 Å². The minimum Gasteiger partial charge on any atom is -0.379 e. The third-order valence-electron chi connectivity index (χ3n) is 1.70. The summed E-state index contributed by atoms with van der Waals surface area (Å²) in [6.07, 6.45) is 1.61. The van der Waals surface area contributed by atoms with E-state index >= 15 is 0 Å². The normalized spacial score (nSPS) is 21.6. The quantitative estimate of drug-likeness (QED) is 0.551. The largest absolute Gasteiger partial charge is 0.379 e. The first-order chi connectivity index (χ1) is 4.68. The Morgan fingerprint density at radius 2 is 2.10 bits per heavy atom. The van der Waals surface area contributed by atoms with Crippen molar-refractivity contribution in [1.82, 2.24) is 4.90 Å². The molecule has 0 N–H and O–H groups in total. The molecule has 0 aromatic heterocycles. The lowest BCUT2D eigenvalue weighted by molar-refractivity contribution is -0.0257. The van der Waals surface area contributed by atoms with Gasteiger partial charge in [-0.15, -0.1) is 0 Å². The summed E-state index contributed by atoms with van der Waals surface area (Å²) >= 11 is 0. The highest BCUT2D eigenvalue weighted by atomic mass is 28.3. The molecule has 10 heavy (non-hydrogen) atoms. The Balaban J connectivity index is 1.95. The van der Waals surface area contributed by atoms with E-state index in [4.69, 9.17) is 4.74 Å². The number of likely N-dealkylation sites (N-methyl/N-ethyl adjacent to an activating group) is 1. The van der Waals surface area contributed by atoms with Crippen molar-refractivity contribution in [3.05, 3.63) is 0 Å². The van der Waals surface area contributed by atoms with Crippen LogP contribution in [-0.2, 0) is 4.74 Å². The molecule has 0 aromatic carbocycles. The minimum atomic E-state index is -0.468. The lowest BCUT2D eigenvalue weighted by Crippen LogP contribution is -2.50. The van der Waals surface area contributed by atoms with Gasteiger partial charge in [-0.05, 0) is 7.05 Å². The molecule has 3 heteroatoms. The number of ether oxygens (including phenoxy) is 1. The molecule has 1 rings (SSSR count). The maximum absolute atomic E-state index is 5.63. The van der Waals surface area contributed by atoms with Gasteiger partial charge in [-0.1, -0.05) is 13.1 Å². The van der Waals surface area contributed by atoms with Crippen molar-refractivity contribution in [2.24, 2.45) is 0 Å². The summed E-state index contributed by atoms with van der Waals surface area (Å²) in [6.45, 7) is 6.92. The highest BCUT2D eigenvalue weighted by molar-refractivity contribution is 6.55. The predicted octanol–water partition coefficient (Wildman–Crippen LogP) is 0.343. The van der Waals surface area contributed by atoms with Crippen LogP contribution in [0.4, 0.5) is 0 Å². The van der Waals surface area contributed by atoms with Gasteiger partial charge in [0.2, 0.25) is 0 Å². The van der Waals surface area contributed by atoms with Crippen molar-refractivity contribution in [2.75, 3.05) is 26.4 Å². The number of hydrogen-bond acceptors (Lipinski definition) is 2. The molecule has 0 aromatic rings. The van der Waals surface area contributed by atoms with Crippen molar-refractivity contribution in [3.63, 3.8) is 0 Å². The highest BCUT2D eigenvalue weighted by Crippen LogP contribution is 2.07. The van der Waals surface area contributed by atoms with Gasteiger partial charge >= 0.3 is 0 Å². The van der Waals surface area contributed by atoms with E-state index in [-0.39, 0.29) is 0 Å². The van der Waals surface area contributed by atoms with Crippen molar-refractivity contribution >= 4 is 8.80 Å². The molecule has 1 heterocycles. The van der Waals surface area contributed by atoms with Crippen molar-refractivity contribution in [2.45, 2.75) is 19.2 Å². The third-order valence-corrected chi connectivity index (χ3v) is 2.55. The second-order valence-corrected chi connectivity index (χ2v) is 6.69. The zero-order chi connectivity index (χ0) is 7.56. The van der Waals surface area contributed by atoms with E-state index in [1.807, 2.05) is 0 Å². The first kappa shape index (κ1) is 8.24. The minimum absolute atomic E-state index is 0.468. The van der Waals surface area contributed by atoms with E-state index < -0.39 is 8.80 Å². The molecular weight excluding hydrogens is 142 g/mol. The highest BCUT2D eigenvalue weighted by Gasteiger charge is 2.23. The van der Waals surface area contributed by atoms with Crippen molar-refractivity contribution < 1.29 is 4.74 Å². The Bertz CT molecular complexity index is 102. The van der Waals surface area contributed by atoms with Crippen LogP contribution in [0.25, 0.3) is 0 Å². The van der Waals surface area contributed by atoms with Crippen LogP contribution in [-0.4, -0.2) is 46.2 Å². The van der Waals surface area contributed by atoms with Gasteiger partial charge in [0, 0.05) is 19.3 Å². The fraction of sp³-hybridized carbons (Fsp3) is 1.00. The second kappa shape index (κ2) is 3.51. The summed E-state index contributed by atoms with van der Waals surface area (Å²) in [4.78, 5) is 2.28. The van der Waals surface area contributed by atoms with Gasteiger partial charge in [0.15, 0.2) is 0 Å². The molecule has 0 atom stereocenters. The number of nitrogens with zero attached hydrogens (tertiary/aromatic N) is 1. The third kappa shape index (κ3) is 2.40. The van der Waals surface area contributed by atoms with E-state index in [0.29, 0.717) is 6.10 Å². The standard InChI is InChI=1S/C7H17NOSi/c1-8-4-7(5-8)9-6-10(2)3/h7,10H,4-6H2,1-3H3. The smallest absolute Gasteiger partial charge is 0.0824 e. The van der Waals surface area contributed by atoms with Crippen LogP contribution >= 0.6 is 0 Å². The molecule has 2 nitrogen and oxygen atoms in total. The van der Waals surface area contributed by atoms with Crippen molar-refractivity contribution in [1.29, 1.82) is 0 Å². The Labute approximate surface area is 64.8 Å². The second-order valence-electron chi connectivity index (χ2n) is 3.57. The Morgan fingerprint density at radius 1 is 1.50 bits per heavy atom. The Morgan fingerprint density at radius 3 is 2.50 bits per heavy atom. The van der Waals surface area contributed by atoms with Crippen LogP contribution in [0.1, 0.15) is 0 Å². The summed E-state index contributed by atoms with van der Waals surface area (Å²) in [7, 11) is 1.66. The molecule has 0 unspecified atom stereocenters. The molecule has 0 saturated carbocycles. The summed E-state index contributed by atoms with van der Waals surface area (Å²) in [5, 5.41) is 0. The summed E-state index contributed by atoms with van der Waals surface area (Å²) in [6, 6.07) is 0. The van der Waals surface area contributed by atoms with Crippen LogP contribution in [0.5, 0.6) is 0 Å². The van der Waals surface area contributed by atoms with E-state index in [2.05, 4.69) is 25.0 Å². The topological polar surface area (TPSA) is 12.5 Å². The summed E-state index contributed by atoms with van der Waals surface area (Å²) in [5.41, 5.74) is 0. The van der Waals surface area contributed by atoms with Gasteiger partial charge < -0.3 is 9.64 Å². The molecule has 1 saturated heterocycles. The summed E-state index contributed by atoms with van der Waals surface area (Å²) in [5.74, 6) is 0. The van der Waals surface area contributed by atoms with Crippen LogP contribution in [0.3, 0.4) is 0 Å². The van der Waals surface area contributed by atoms with Gasteiger partial charge in [-0.2, -0.15) is 0 Å². The van der Waals surface area contributed by atoms with Gasteiger partial charge in [-0.25, -0.2) is 0 Å². The number of rotatable bonds is 3. The molecule has 0 amide bonds. The molecule has 0 aliphatic carbocycles. The van der Waals surface area contributed by atoms with E-state index in [1.54, 1.807) is 0 Å².